The lowest BCUT2D eigenvalue weighted by Gasteiger charge is -2.46. The largest absolute Gasteiger partial charge is 0.329 e. The zero-order valence-corrected chi connectivity index (χ0v) is 12.5. The highest BCUT2D eigenvalue weighted by molar-refractivity contribution is 4.95. The third kappa shape index (κ3) is 3.08. The molecule has 0 spiro atoms. The Morgan fingerprint density at radius 2 is 1.83 bits per heavy atom. The molecule has 0 aromatic carbocycles. The van der Waals surface area contributed by atoms with Gasteiger partial charge in [0.25, 0.3) is 0 Å². The minimum Gasteiger partial charge on any atom is -0.329 e. The molecule has 2 atom stereocenters. The van der Waals surface area contributed by atoms with Crippen molar-refractivity contribution in [2.24, 2.45) is 17.6 Å². The van der Waals surface area contributed by atoms with Gasteiger partial charge < -0.3 is 5.73 Å². The lowest BCUT2D eigenvalue weighted by molar-refractivity contribution is 0.0415. The van der Waals surface area contributed by atoms with Crippen molar-refractivity contribution in [2.45, 2.75) is 70.8 Å². The van der Waals surface area contributed by atoms with Crippen LogP contribution in [0.15, 0.2) is 0 Å². The first kappa shape index (κ1) is 14.3. The van der Waals surface area contributed by atoms with Crippen molar-refractivity contribution in [3.63, 3.8) is 0 Å². The number of piperidine rings is 1. The van der Waals surface area contributed by atoms with E-state index in [1.165, 1.54) is 64.5 Å². The average Bonchev–Trinajstić information content (AvgIpc) is 2.62. The van der Waals surface area contributed by atoms with E-state index in [9.17, 15) is 0 Å². The van der Waals surface area contributed by atoms with Crippen LogP contribution in [-0.2, 0) is 0 Å². The van der Waals surface area contributed by atoms with Gasteiger partial charge in [-0.25, -0.2) is 0 Å². The number of hydrogen-bond acceptors (Lipinski definition) is 2. The molecule has 0 aromatic heterocycles. The van der Waals surface area contributed by atoms with Gasteiger partial charge in [-0.3, -0.25) is 4.90 Å². The van der Waals surface area contributed by atoms with E-state index in [1.54, 1.807) is 0 Å². The van der Waals surface area contributed by atoms with E-state index in [2.05, 4.69) is 18.7 Å². The van der Waals surface area contributed by atoms with Crippen LogP contribution in [0.5, 0.6) is 0 Å². The molecule has 1 saturated carbocycles. The highest BCUT2D eigenvalue weighted by Crippen LogP contribution is 2.36. The van der Waals surface area contributed by atoms with E-state index >= 15 is 0 Å². The predicted molar refractivity (Wildman–Crippen MR) is 78.6 cm³/mol. The molecule has 1 saturated heterocycles. The van der Waals surface area contributed by atoms with Crippen molar-refractivity contribution < 1.29 is 0 Å². The van der Waals surface area contributed by atoms with Crippen molar-refractivity contribution >= 4 is 0 Å². The van der Waals surface area contributed by atoms with Gasteiger partial charge in [0.1, 0.15) is 0 Å². The number of nitrogens with zero attached hydrogens (tertiary/aromatic N) is 1. The zero-order valence-electron chi connectivity index (χ0n) is 12.5. The number of rotatable bonds is 3. The Kier molecular flexibility index (Phi) is 5.08. The quantitative estimate of drug-likeness (QED) is 0.780. The summed E-state index contributed by atoms with van der Waals surface area (Å²) < 4.78 is 0. The summed E-state index contributed by atoms with van der Waals surface area (Å²) in [5.74, 6) is 1.88. The maximum atomic E-state index is 6.21. The molecule has 1 heterocycles. The van der Waals surface area contributed by atoms with Crippen molar-refractivity contribution in [1.29, 1.82) is 0 Å². The van der Waals surface area contributed by atoms with Crippen LogP contribution in [0.2, 0.25) is 0 Å². The first-order chi connectivity index (χ1) is 8.70. The summed E-state index contributed by atoms with van der Waals surface area (Å²) >= 11 is 0. The molecular formula is C16H32N2. The van der Waals surface area contributed by atoms with Gasteiger partial charge in [0, 0.05) is 12.1 Å². The fourth-order valence-electron chi connectivity index (χ4n) is 4.03. The van der Waals surface area contributed by atoms with Gasteiger partial charge in [-0.05, 0) is 57.0 Å². The first-order valence-electron chi connectivity index (χ1n) is 8.15. The molecule has 1 aliphatic carbocycles. The van der Waals surface area contributed by atoms with E-state index < -0.39 is 0 Å². The molecule has 2 rings (SSSR count). The third-order valence-electron chi connectivity index (χ3n) is 5.68. The summed E-state index contributed by atoms with van der Waals surface area (Å²) in [5, 5.41) is 0. The summed E-state index contributed by atoms with van der Waals surface area (Å²) in [4.78, 5) is 2.76. The van der Waals surface area contributed by atoms with Gasteiger partial charge in [-0.1, -0.05) is 33.1 Å². The van der Waals surface area contributed by atoms with Crippen LogP contribution in [0.25, 0.3) is 0 Å². The van der Waals surface area contributed by atoms with Gasteiger partial charge in [0.2, 0.25) is 0 Å². The Hall–Kier alpha value is -0.0800. The van der Waals surface area contributed by atoms with Crippen molar-refractivity contribution in [1.82, 2.24) is 4.90 Å². The molecule has 2 unspecified atom stereocenters. The fraction of sp³-hybridized carbons (Fsp3) is 1.00. The highest BCUT2D eigenvalue weighted by Gasteiger charge is 2.38. The van der Waals surface area contributed by atoms with Crippen LogP contribution >= 0.6 is 0 Å². The SMILES string of the molecule is CCC1CCN(C2(CN)CCCC(C)CC2)CC1. The molecule has 2 N–H and O–H groups in total. The van der Waals surface area contributed by atoms with Gasteiger partial charge in [-0.15, -0.1) is 0 Å². The number of nitrogens with two attached hydrogens (primary N) is 1. The minimum atomic E-state index is 0.351. The molecule has 18 heavy (non-hydrogen) atoms. The molecular weight excluding hydrogens is 220 g/mol. The molecule has 2 heteroatoms. The second-order valence-electron chi connectivity index (χ2n) is 6.80. The lowest BCUT2D eigenvalue weighted by Crippen LogP contribution is -2.56. The van der Waals surface area contributed by atoms with Crippen molar-refractivity contribution in [2.75, 3.05) is 19.6 Å². The van der Waals surface area contributed by atoms with Crippen LogP contribution in [0, 0.1) is 11.8 Å². The molecule has 0 radical (unpaired) electrons. The van der Waals surface area contributed by atoms with E-state index in [0.717, 1.165) is 18.4 Å². The van der Waals surface area contributed by atoms with Crippen LogP contribution in [0.3, 0.4) is 0 Å². The van der Waals surface area contributed by atoms with Gasteiger partial charge in [0.15, 0.2) is 0 Å². The predicted octanol–water partition coefficient (Wildman–Crippen LogP) is 3.41. The summed E-state index contributed by atoms with van der Waals surface area (Å²) in [5.41, 5.74) is 6.56. The zero-order chi connectivity index (χ0) is 13.0. The summed E-state index contributed by atoms with van der Waals surface area (Å²) in [6.07, 6.45) is 11.0. The van der Waals surface area contributed by atoms with E-state index in [4.69, 9.17) is 5.73 Å². The Morgan fingerprint density at radius 1 is 1.11 bits per heavy atom. The monoisotopic (exact) mass is 252 g/mol. The third-order valence-corrected chi connectivity index (χ3v) is 5.68. The molecule has 106 valence electrons. The average molecular weight is 252 g/mol. The van der Waals surface area contributed by atoms with Gasteiger partial charge in [0.05, 0.1) is 0 Å². The van der Waals surface area contributed by atoms with Gasteiger partial charge >= 0.3 is 0 Å². The summed E-state index contributed by atoms with van der Waals surface area (Å²) in [7, 11) is 0. The number of likely N-dealkylation sites (tertiary alicyclic amines) is 1. The standard InChI is InChI=1S/C16H32N2/c1-3-15-7-11-18(12-8-15)16(13-17)9-4-5-14(2)6-10-16/h14-15H,3-13,17H2,1-2H3. The lowest BCUT2D eigenvalue weighted by atomic mass is 9.84. The van der Waals surface area contributed by atoms with Crippen molar-refractivity contribution in [3.05, 3.63) is 0 Å². The van der Waals surface area contributed by atoms with Crippen molar-refractivity contribution in [3.8, 4) is 0 Å². The molecule has 2 nitrogen and oxygen atoms in total. The molecule has 2 fully saturated rings. The maximum absolute atomic E-state index is 6.21. The highest BCUT2D eigenvalue weighted by atomic mass is 15.2. The van der Waals surface area contributed by atoms with E-state index in [-0.39, 0.29) is 0 Å². The molecule has 0 aromatic rings. The molecule has 0 amide bonds. The second kappa shape index (κ2) is 6.38. The first-order valence-corrected chi connectivity index (χ1v) is 8.15. The summed E-state index contributed by atoms with van der Waals surface area (Å²) in [6.45, 7) is 8.22. The molecule has 2 aliphatic rings. The topological polar surface area (TPSA) is 29.3 Å². The summed E-state index contributed by atoms with van der Waals surface area (Å²) in [6, 6.07) is 0. The number of hydrogen-bond donors (Lipinski definition) is 1. The van der Waals surface area contributed by atoms with E-state index in [0.29, 0.717) is 5.54 Å². The van der Waals surface area contributed by atoms with Crippen LogP contribution < -0.4 is 5.73 Å². The normalized spacial score (nSPS) is 36.5. The molecule has 1 aliphatic heterocycles. The smallest absolute Gasteiger partial charge is 0.0331 e. The minimum absolute atomic E-state index is 0.351. The second-order valence-corrected chi connectivity index (χ2v) is 6.80. The molecule has 0 bridgehead atoms. The van der Waals surface area contributed by atoms with E-state index in [1.807, 2.05) is 0 Å². The Balaban J connectivity index is 1.98. The Labute approximate surface area is 113 Å². The fourth-order valence-corrected chi connectivity index (χ4v) is 4.03. The Morgan fingerprint density at radius 3 is 2.44 bits per heavy atom. The van der Waals surface area contributed by atoms with Crippen LogP contribution in [-0.4, -0.2) is 30.1 Å². The van der Waals surface area contributed by atoms with Crippen LogP contribution in [0.1, 0.15) is 65.2 Å². The maximum Gasteiger partial charge on any atom is 0.0331 e. The Bertz CT molecular complexity index is 245. The van der Waals surface area contributed by atoms with Crippen LogP contribution in [0.4, 0.5) is 0 Å². The van der Waals surface area contributed by atoms with Gasteiger partial charge in [-0.2, -0.15) is 0 Å².